The van der Waals surface area contributed by atoms with Gasteiger partial charge in [0, 0.05) is 0 Å². The highest BCUT2D eigenvalue weighted by Gasteiger charge is 2.40. The second kappa shape index (κ2) is 5.00. The third kappa shape index (κ3) is 2.73. The van der Waals surface area contributed by atoms with Crippen molar-refractivity contribution in [3.8, 4) is 0 Å². The van der Waals surface area contributed by atoms with E-state index < -0.39 is 0 Å². The third-order valence-electron chi connectivity index (χ3n) is 3.91. The van der Waals surface area contributed by atoms with E-state index in [0.29, 0.717) is 23.7 Å². The molecule has 0 aromatic rings. The molecule has 0 aliphatic heterocycles. The first-order chi connectivity index (χ1) is 6.97. The van der Waals surface area contributed by atoms with Crippen LogP contribution in [0.3, 0.4) is 0 Å². The zero-order valence-electron chi connectivity index (χ0n) is 10.6. The van der Waals surface area contributed by atoms with Gasteiger partial charge in [-0.15, -0.1) is 0 Å². The van der Waals surface area contributed by atoms with Crippen molar-refractivity contribution < 1.29 is 9.53 Å². The molecule has 15 heavy (non-hydrogen) atoms. The summed E-state index contributed by atoms with van der Waals surface area (Å²) >= 11 is 0. The normalized spacial score (nSPS) is 27.7. The Bertz CT molecular complexity index is 205. The van der Waals surface area contributed by atoms with Gasteiger partial charge in [0.25, 0.3) is 0 Å². The maximum atomic E-state index is 11.5. The molecule has 2 heteroatoms. The van der Waals surface area contributed by atoms with Crippen LogP contribution in [0.2, 0.25) is 0 Å². The summed E-state index contributed by atoms with van der Waals surface area (Å²) < 4.78 is 4.85. The molecular weight excluding hydrogens is 188 g/mol. The SMILES string of the molecule is COC(=O)C1C[C@H](C(C)C)[C@@H](C(C)C)C1. The minimum atomic E-state index is -0.0104. The quantitative estimate of drug-likeness (QED) is 0.672. The Balaban J connectivity index is 2.69. The van der Waals surface area contributed by atoms with Gasteiger partial charge in [0.05, 0.1) is 13.0 Å². The lowest BCUT2D eigenvalue weighted by molar-refractivity contribution is -0.145. The number of carbonyl (C=O) groups excluding carboxylic acids is 1. The zero-order chi connectivity index (χ0) is 11.6. The fourth-order valence-electron chi connectivity index (χ4n) is 3.00. The highest BCUT2D eigenvalue weighted by Crippen LogP contribution is 2.44. The van der Waals surface area contributed by atoms with Gasteiger partial charge in [0.2, 0.25) is 0 Å². The molecule has 0 aromatic heterocycles. The van der Waals surface area contributed by atoms with Gasteiger partial charge in [-0.2, -0.15) is 0 Å². The fraction of sp³-hybridized carbons (Fsp3) is 0.923. The minimum absolute atomic E-state index is 0.0104. The summed E-state index contributed by atoms with van der Waals surface area (Å²) in [5, 5.41) is 0. The van der Waals surface area contributed by atoms with Crippen LogP contribution in [0, 0.1) is 29.6 Å². The second-order valence-corrected chi connectivity index (χ2v) is 5.51. The summed E-state index contributed by atoms with van der Waals surface area (Å²) in [5.41, 5.74) is 0. The fourth-order valence-corrected chi connectivity index (χ4v) is 3.00. The average molecular weight is 212 g/mol. The summed E-state index contributed by atoms with van der Waals surface area (Å²) in [5.74, 6) is 2.86. The van der Waals surface area contributed by atoms with Crippen LogP contribution < -0.4 is 0 Å². The van der Waals surface area contributed by atoms with E-state index in [0.717, 1.165) is 12.8 Å². The van der Waals surface area contributed by atoms with Gasteiger partial charge in [-0.05, 0) is 36.5 Å². The van der Waals surface area contributed by atoms with Crippen LogP contribution in [0.5, 0.6) is 0 Å². The van der Waals surface area contributed by atoms with Crippen molar-refractivity contribution in [1.82, 2.24) is 0 Å². The van der Waals surface area contributed by atoms with E-state index in [-0.39, 0.29) is 11.9 Å². The van der Waals surface area contributed by atoms with Gasteiger partial charge in [-0.1, -0.05) is 27.7 Å². The summed E-state index contributed by atoms with van der Waals surface area (Å²) in [4.78, 5) is 11.5. The van der Waals surface area contributed by atoms with Gasteiger partial charge in [-0.25, -0.2) is 0 Å². The molecule has 1 aliphatic rings. The van der Waals surface area contributed by atoms with Crippen LogP contribution in [0.1, 0.15) is 40.5 Å². The molecule has 1 fully saturated rings. The number of hydrogen-bond acceptors (Lipinski definition) is 2. The molecule has 0 N–H and O–H groups in total. The molecule has 2 nitrogen and oxygen atoms in total. The lowest BCUT2D eigenvalue weighted by Gasteiger charge is -2.25. The highest BCUT2D eigenvalue weighted by atomic mass is 16.5. The maximum absolute atomic E-state index is 11.5. The smallest absolute Gasteiger partial charge is 0.308 e. The third-order valence-corrected chi connectivity index (χ3v) is 3.91. The zero-order valence-corrected chi connectivity index (χ0v) is 10.6. The van der Waals surface area contributed by atoms with Crippen LogP contribution in [0.25, 0.3) is 0 Å². The maximum Gasteiger partial charge on any atom is 0.308 e. The predicted molar refractivity (Wildman–Crippen MR) is 61.4 cm³/mol. The van der Waals surface area contributed by atoms with Crippen LogP contribution in [-0.4, -0.2) is 13.1 Å². The van der Waals surface area contributed by atoms with Crippen LogP contribution in [0.15, 0.2) is 0 Å². The summed E-state index contributed by atoms with van der Waals surface area (Å²) in [6.07, 6.45) is 2.04. The average Bonchev–Trinajstić information content (AvgIpc) is 2.61. The van der Waals surface area contributed by atoms with Gasteiger partial charge in [0.1, 0.15) is 0 Å². The monoisotopic (exact) mass is 212 g/mol. The van der Waals surface area contributed by atoms with Crippen molar-refractivity contribution in [2.45, 2.75) is 40.5 Å². The lowest BCUT2D eigenvalue weighted by atomic mass is 9.80. The number of methoxy groups -OCH3 is 1. The molecule has 1 aliphatic carbocycles. The van der Waals surface area contributed by atoms with Crippen molar-refractivity contribution in [3.63, 3.8) is 0 Å². The molecular formula is C13H24O2. The Morgan fingerprint density at radius 3 is 1.73 bits per heavy atom. The molecule has 0 heterocycles. The molecule has 88 valence electrons. The summed E-state index contributed by atoms with van der Waals surface area (Å²) in [6.45, 7) is 9.05. The van der Waals surface area contributed by atoms with E-state index in [1.807, 2.05) is 0 Å². The van der Waals surface area contributed by atoms with Gasteiger partial charge in [-0.3, -0.25) is 4.79 Å². The molecule has 0 radical (unpaired) electrons. The van der Waals surface area contributed by atoms with Crippen LogP contribution in [0.4, 0.5) is 0 Å². The minimum Gasteiger partial charge on any atom is -0.469 e. The first-order valence-electron chi connectivity index (χ1n) is 6.05. The van der Waals surface area contributed by atoms with Crippen molar-refractivity contribution in [3.05, 3.63) is 0 Å². The topological polar surface area (TPSA) is 26.3 Å². The molecule has 0 spiro atoms. The Morgan fingerprint density at radius 2 is 1.47 bits per heavy atom. The number of carbonyl (C=O) groups is 1. The van der Waals surface area contributed by atoms with Crippen molar-refractivity contribution in [1.29, 1.82) is 0 Å². The summed E-state index contributed by atoms with van der Waals surface area (Å²) in [6, 6.07) is 0. The number of ether oxygens (including phenoxy) is 1. The lowest BCUT2D eigenvalue weighted by Crippen LogP contribution is -2.18. The van der Waals surface area contributed by atoms with E-state index >= 15 is 0 Å². The Kier molecular flexibility index (Phi) is 4.18. The molecule has 0 saturated heterocycles. The molecule has 1 saturated carbocycles. The standard InChI is InChI=1S/C13H24O2/c1-8(2)11-6-10(13(14)15-5)7-12(11)9(3)4/h8-12H,6-7H2,1-5H3/t11-,12-/m1/s1. The Hall–Kier alpha value is -0.530. The highest BCUT2D eigenvalue weighted by molar-refractivity contribution is 5.72. The summed E-state index contributed by atoms with van der Waals surface area (Å²) in [7, 11) is 1.50. The van der Waals surface area contributed by atoms with Gasteiger partial charge >= 0.3 is 5.97 Å². The first kappa shape index (κ1) is 12.5. The van der Waals surface area contributed by atoms with Gasteiger partial charge < -0.3 is 4.74 Å². The molecule has 0 unspecified atom stereocenters. The number of hydrogen-bond donors (Lipinski definition) is 0. The molecule has 0 bridgehead atoms. The molecule has 1 rings (SSSR count). The van der Waals surface area contributed by atoms with Crippen molar-refractivity contribution >= 4 is 5.97 Å². The predicted octanol–water partition coefficient (Wildman–Crippen LogP) is 3.11. The Labute approximate surface area is 93.4 Å². The molecule has 2 atom stereocenters. The molecule has 0 amide bonds. The van der Waals surface area contributed by atoms with Crippen LogP contribution >= 0.6 is 0 Å². The van der Waals surface area contributed by atoms with E-state index in [4.69, 9.17) is 4.74 Å². The van der Waals surface area contributed by atoms with E-state index in [1.165, 1.54) is 7.11 Å². The van der Waals surface area contributed by atoms with Crippen LogP contribution in [-0.2, 0) is 9.53 Å². The number of esters is 1. The second-order valence-electron chi connectivity index (χ2n) is 5.51. The van der Waals surface area contributed by atoms with E-state index in [1.54, 1.807) is 0 Å². The van der Waals surface area contributed by atoms with Crippen molar-refractivity contribution in [2.75, 3.05) is 7.11 Å². The number of rotatable bonds is 3. The van der Waals surface area contributed by atoms with E-state index in [2.05, 4.69) is 27.7 Å². The first-order valence-corrected chi connectivity index (χ1v) is 6.05. The van der Waals surface area contributed by atoms with Gasteiger partial charge in [0.15, 0.2) is 0 Å². The van der Waals surface area contributed by atoms with E-state index in [9.17, 15) is 4.79 Å². The Morgan fingerprint density at radius 1 is 1.07 bits per heavy atom. The molecule has 0 aromatic carbocycles. The largest absolute Gasteiger partial charge is 0.469 e. The van der Waals surface area contributed by atoms with Crippen molar-refractivity contribution in [2.24, 2.45) is 29.6 Å².